The Bertz CT molecular complexity index is 540. The lowest BCUT2D eigenvalue weighted by Crippen LogP contribution is -2.56. The van der Waals surface area contributed by atoms with Crippen molar-refractivity contribution in [3.63, 3.8) is 0 Å². The summed E-state index contributed by atoms with van der Waals surface area (Å²) in [6, 6.07) is 0. The van der Waals surface area contributed by atoms with E-state index in [1.54, 1.807) is 5.57 Å². The summed E-state index contributed by atoms with van der Waals surface area (Å²) in [4.78, 5) is 0. The quantitative estimate of drug-likeness (QED) is 0.584. The normalized spacial score (nSPS) is 49.5. The average molecular weight is 361 g/mol. The second-order valence-electron chi connectivity index (χ2n) is 10.2. The summed E-state index contributed by atoms with van der Waals surface area (Å²) >= 11 is 0. The molecule has 0 aromatic heterocycles. The summed E-state index contributed by atoms with van der Waals surface area (Å²) in [6.07, 6.45) is 15.1. The van der Waals surface area contributed by atoms with Crippen LogP contribution in [-0.2, 0) is 9.47 Å². The van der Waals surface area contributed by atoms with E-state index in [1.807, 2.05) is 14.2 Å². The van der Waals surface area contributed by atoms with E-state index in [0.717, 1.165) is 42.8 Å². The third-order valence-electron chi connectivity index (χ3n) is 9.48. The van der Waals surface area contributed by atoms with Gasteiger partial charge in [0.15, 0.2) is 0 Å². The first-order valence-corrected chi connectivity index (χ1v) is 11.2. The molecule has 0 amide bonds. The topological polar surface area (TPSA) is 18.5 Å². The number of methoxy groups -OCH3 is 2. The predicted molar refractivity (Wildman–Crippen MR) is 107 cm³/mol. The minimum absolute atomic E-state index is 0.460. The maximum atomic E-state index is 5.92. The van der Waals surface area contributed by atoms with Crippen LogP contribution < -0.4 is 0 Å². The molecule has 2 heteroatoms. The highest BCUT2D eigenvalue weighted by Crippen LogP contribution is 2.67. The van der Waals surface area contributed by atoms with Gasteiger partial charge < -0.3 is 9.47 Å². The molecule has 4 saturated carbocycles. The monoisotopic (exact) mass is 360 g/mol. The van der Waals surface area contributed by atoms with Gasteiger partial charge in [0.05, 0.1) is 6.61 Å². The molecule has 148 valence electrons. The Morgan fingerprint density at radius 1 is 1.00 bits per heavy atom. The van der Waals surface area contributed by atoms with E-state index >= 15 is 0 Å². The first-order chi connectivity index (χ1) is 12.6. The zero-order valence-corrected chi connectivity index (χ0v) is 17.6. The molecule has 0 bridgehead atoms. The highest BCUT2D eigenvalue weighted by molar-refractivity contribution is 5.23. The van der Waals surface area contributed by atoms with Gasteiger partial charge in [-0.2, -0.15) is 0 Å². The largest absolute Gasteiger partial charge is 0.384 e. The lowest BCUT2D eigenvalue weighted by molar-refractivity contribution is -0.147. The molecule has 0 N–H and O–H groups in total. The van der Waals surface area contributed by atoms with Gasteiger partial charge in [0.25, 0.3) is 0 Å². The van der Waals surface area contributed by atoms with Crippen molar-refractivity contribution in [3.8, 4) is 0 Å². The zero-order chi connectivity index (χ0) is 18.4. The molecule has 0 saturated heterocycles. The van der Waals surface area contributed by atoms with Crippen LogP contribution >= 0.6 is 0 Å². The van der Waals surface area contributed by atoms with Crippen LogP contribution in [0.15, 0.2) is 11.6 Å². The van der Waals surface area contributed by atoms with E-state index in [0.29, 0.717) is 10.8 Å². The average Bonchev–Trinajstić information content (AvgIpc) is 2.98. The van der Waals surface area contributed by atoms with E-state index < -0.39 is 0 Å². The van der Waals surface area contributed by atoms with Gasteiger partial charge in [-0.3, -0.25) is 0 Å². The smallest absolute Gasteiger partial charge is 0.0524 e. The van der Waals surface area contributed by atoms with Gasteiger partial charge in [0.2, 0.25) is 0 Å². The van der Waals surface area contributed by atoms with Crippen molar-refractivity contribution < 1.29 is 9.47 Å². The molecule has 0 radical (unpaired) electrons. The molecule has 7 atom stereocenters. The summed E-state index contributed by atoms with van der Waals surface area (Å²) in [7, 11) is 3.81. The fraction of sp³-hybridized carbons (Fsp3) is 0.917. The first-order valence-electron chi connectivity index (χ1n) is 11.2. The van der Waals surface area contributed by atoms with Gasteiger partial charge in [-0.15, -0.1) is 0 Å². The summed E-state index contributed by atoms with van der Waals surface area (Å²) in [5, 5.41) is 0. The molecule has 4 aliphatic carbocycles. The van der Waals surface area contributed by atoms with E-state index in [-0.39, 0.29) is 0 Å². The summed E-state index contributed by atoms with van der Waals surface area (Å²) in [5.74, 6) is 4.42. The molecular formula is C24H40O2. The number of allylic oxidation sites excluding steroid dienone is 2. The van der Waals surface area contributed by atoms with Gasteiger partial charge in [-0.1, -0.05) is 18.6 Å². The van der Waals surface area contributed by atoms with Crippen LogP contribution in [0.3, 0.4) is 0 Å². The van der Waals surface area contributed by atoms with Crippen molar-refractivity contribution >= 4 is 0 Å². The van der Waals surface area contributed by atoms with Crippen LogP contribution in [0, 0.1) is 40.4 Å². The lowest BCUT2D eigenvalue weighted by atomic mass is 9.44. The molecule has 0 heterocycles. The first kappa shape index (κ1) is 19.0. The minimum atomic E-state index is 0.460. The number of hydrogen-bond acceptors (Lipinski definition) is 2. The second-order valence-corrected chi connectivity index (χ2v) is 10.2. The fourth-order valence-electron chi connectivity index (χ4n) is 8.40. The second kappa shape index (κ2) is 7.24. The molecule has 4 rings (SSSR count). The highest BCUT2D eigenvalue weighted by Gasteiger charge is 2.60. The standard InChI is InChI=1S/C24H40O2/c1-5-18-7-9-21-20-8-6-19-14-17(15-25-3)10-13-24(19,16-26-4)22(20)11-12-23(18,21)2/h5,17,19-22H,6-16H2,1-4H3/b18-5-. The molecule has 26 heavy (non-hydrogen) atoms. The van der Waals surface area contributed by atoms with Crippen LogP contribution in [0.5, 0.6) is 0 Å². The molecule has 7 unspecified atom stereocenters. The van der Waals surface area contributed by atoms with Gasteiger partial charge in [-0.05, 0) is 105 Å². The molecule has 2 nitrogen and oxygen atoms in total. The van der Waals surface area contributed by atoms with E-state index in [9.17, 15) is 0 Å². The van der Waals surface area contributed by atoms with Crippen LogP contribution in [0.2, 0.25) is 0 Å². The molecular weight excluding hydrogens is 320 g/mol. The third-order valence-corrected chi connectivity index (χ3v) is 9.48. The van der Waals surface area contributed by atoms with Crippen molar-refractivity contribution in [1.82, 2.24) is 0 Å². The van der Waals surface area contributed by atoms with Crippen molar-refractivity contribution in [2.45, 2.75) is 71.6 Å². The van der Waals surface area contributed by atoms with Crippen molar-refractivity contribution in [2.24, 2.45) is 40.4 Å². The zero-order valence-electron chi connectivity index (χ0n) is 17.6. The summed E-state index contributed by atoms with van der Waals surface area (Å²) < 4.78 is 11.4. The number of hydrogen-bond donors (Lipinski definition) is 0. The summed E-state index contributed by atoms with van der Waals surface area (Å²) in [5.41, 5.74) is 2.74. The van der Waals surface area contributed by atoms with E-state index in [1.165, 1.54) is 57.8 Å². The maximum Gasteiger partial charge on any atom is 0.0524 e. The van der Waals surface area contributed by atoms with Gasteiger partial charge in [-0.25, -0.2) is 0 Å². The number of ether oxygens (including phenoxy) is 2. The third kappa shape index (κ3) is 2.73. The molecule has 4 fully saturated rings. The Hall–Kier alpha value is -0.340. The lowest BCUT2D eigenvalue weighted by Gasteiger charge is -2.61. The molecule has 0 spiro atoms. The number of fused-ring (bicyclic) bond motifs is 5. The van der Waals surface area contributed by atoms with Gasteiger partial charge in [0.1, 0.15) is 0 Å². The Kier molecular flexibility index (Phi) is 5.29. The van der Waals surface area contributed by atoms with Crippen molar-refractivity contribution in [2.75, 3.05) is 27.4 Å². The van der Waals surface area contributed by atoms with Crippen LogP contribution in [0.1, 0.15) is 71.6 Å². The Morgan fingerprint density at radius 3 is 2.58 bits per heavy atom. The molecule has 4 aliphatic rings. The van der Waals surface area contributed by atoms with Gasteiger partial charge >= 0.3 is 0 Å². The Balaban J connectivity index is 1.61. The molecule has 0 aromatic rings. The van der Waals surface area contributed by atoms with E-state index in [4.69, 9.17) is 9.47 Å². The van der Waals surface area contributed by atoms with Crippen LogP contribution in [-0.4, -0.2) is 27.4 Å². The van der Waals surface area contributed by atoms with Gasteiger partial charge in [0, 0.05) is 20.8 Å². The van der Waals surface area contributed by atoms with Crippen molar-refractivity contribution in [1.29, 1.82) is 0 Å². The SMILES string of the molecule is C/C=C1/CCC2C3CCC4CC(COC)CCC4(COC)C3CCC12C. The molecule has 0 aliphatic heterocycles. The summed E-state index contributed by atoms with van der Waals surface area (Å²) in [6.45, 7) is 6.83. The molecule has 0 aromatic carbocycles. The maximum absolute atomic E-state index is 5.92. The predicted octanol–water partition coefficient (Wildman–Crippen LogP) is 5.86. The fourth-order valence-corrected chi connectivity index (χ4v) is 8.40. The number of rotatable bonds is 4. The van der Waals surface area contributed by atoms with E-state index in [2.05, 4.69) is 19.9 Å². The van der Waals surface area contributed by atoms with Crippen molar-refractivity contribution in [3.05, 3.63) is 11.6 Å². The highest BCUT2D eigenvalue weighted by atomic mass is 16.5. The van der Waals surface area contributed by atoms with Crippen LogP contribution in [0.25, 0.3) is 0 Å². The Morgan fingerprint density at radius 2 is 1.85 bits per heavy atom. The minimum Gasteiger partial charge on any atom is -0.384 e. The Labute approximate surface area is 161 Å². The van der Waals surface area contributed by atoms with Crippen LogP contribution in [0.4, 0.5) is 0 Å².